The number of hydrogen-bond donors (Lipinski definition) is 2. The summed E-state index contributed by atoms with van der Waals surface area (Å²) in [5, 5.41) is 15.7. The molecule has 0 radical (unpaired) electrons. The second-order valence-corrected chi connectivity index (χ2v) is 8.90. The third kappa shape index (κ3) is 3.12. The number of anilines is 1. The van der Waals surface area contributed by atoms with Crippen molar-refractivity contribution in [3.63, 3.8) is 0 Å². The number of carbonyl (C=O) groups is 1. The Hall–Kier alpha value is -3.95. The maximum Gasteiger partial charge on any atom is 0.297 e. The largest absolute Gasteiger partial charge is 0.404 e. The van der Waals surface area contributed by atoms with E-state index in [0.717, 1.165) is 12.0 Å². The van der Waals surface area contributed by atoms with Gasteiger partial charge in [0.15, 0.2) is 5.78 Å². The van der Waals surface area contributed by atoms with Crippen molar-refractivity contribution in [3.05, 3.63) is 60.0 Å². The Bertz CT molecular complexity index is 1330. The first-order valence-electron chi connectivity index (χ1n) is 11.0. The number of ketones is 1. The molecule has 6 rings (SSSR count). The summed E-state index contributed by atoms with van der Waals surface area (Å²) in [4.78, 5) is 24.1. The molecular formula is C23H22N8O2. The Kier molecular flexibility index (Phi) is 4.36. The van der Waals surface area contributed by atoms with Gasteiger partial charge >= 0.3 is 0 Å². The van der Waals surface area contributed by atoms with Crippen LogP contribution in [0.3, 0.4) is 0 Å². The number of fused-ring (bicyclic) bond motifs is 2. The summed E-state index contributed by atoms with van der Waals surface area (Å²) < 4.78 is 5.69. The number of pyridine rings is 1. The minimum Gasteiger partial charge on any atom is -0.404 e. The molecule has 2 aliphatic rings. The molecule has 2 saturated carbocycles. The number of hydrogen-bond acceptors (Lipinski definition) is 9. The quantitative estimate of drug-likeness (QED) is 0.328. The number of oxazole rings is 1. The third-order valence-corrected chi connectivity index (χ3v) is 6.94. The Balaban J connectivity index is 1.33. The van der Waals surface area contributed by atoms with Gasteiger partial charge in [0.25, 0.3) is 6.01 Å². The van der Waals surface area contributed by atoms with Crippen molar-refractivity contribution in [1.29, 1.82) is 5.53 Å². The van der Waals surface area contributed by atoms with Crippen molar-refractivity contribution in [1.82, 2.24) is 25.0 Å². The van der Waals surface area contributed by atoms with Crippen molar-refractivity contribution in [2.75, 3.05) is 11.9 Å². The average molecular weight is 442 g/mol. The topological polar surface area (TPSA) is 135 Å². The summed E-state index contributed by atoms with van der Waals surface area (Å²) in [6, 6.07) is 9.60. The highest BCUT2D eigenvalue weighted by Crippen LogP contribution is 2.62. The molecule has 0 aliphatic heterocycles. The smallest absolute Gasteiger partial charge is 0.297 e. The van der Waals surface area contributed by atoms with Crippen LogP contribution in [0.4, 0.5) is 6.01 Å². The molecule has 4 aromatic rings. The molecule has 4 atom stereocenters. The van der Waals surface area contributed by atoms with E-state index in [-0.39, 0.29) is 11.7 Å². The molecule has 2 N–H and O–H groups in total. The first-order valence-corrected chi connectivity index (χ1v) is 11.0. The van der Waals surface area contributed by atoms with Crippen LogP contribution in [0.2, 0.25) is 0 Å². The second-order valence-electron chi connectivity index (χ2n) is 8.90. The summed E-state index contributed by atoms with van der Waals surface area (Å²) in [7, 11) is 0. The van der Waals surface area contributed by atoms with Gasteiger partial charge in [0.05, 0.1) is 18.1 Å². The molecule has 0 spiro atoms. The monoisotopic (exact) mass is 442 g/mol. The van der Waals surface area contributed by atoms with Crippen LogP contribution >= 0.6 is 0 Å². The minimum atomic E-state index is -1.14. The molecule has 10 heteroatoms. The summed E-state index contributed by atoms with van der Waals surface area (Å²) in [6.07, 6.45) is 6.42. The molecule has 1 aromatic carbocycles. The van der Waals surface area contributed by atoms with Gasteiger partial charge in [-0.2, -0.15) is 25.1 Å². The number of carbonyl (C=O) groups excluding carboxylic acids is 1. The van der Waals surface area contributed by atoms with Crippen molar-refractivity contribution in [2.45, 2.75) is 25.3 Å². The zero-order valence-corrected chi connectivity index (χ0v) is 18.0. The van der Waals surface area contributed by atoms with Gasteiger partial charge in [0, 0.05) is 24.2 Å². The molecule has 3 aromatic heterocycles. The van der Waals surface area contributed by atoms with Gasteiger partial charge in [0.1, 0.15) is 11.1 Å². The minimum absolute atomic E-state index is 0.144. The lowest BCUT2D eigenvalue weighted by atomic mass is 9.77. The Morgan fingerprint density at radius 2 is 2.15 bits per heavy atom. The lowest BCUT2D eigenvalue weighted by molar-refractivity contribution is 0.0824. The number of nitrogens with one attached hydrogen (secondary N) is 2. The number of benzene rings is 1. The van der Waals surface area contributed by atoms with Gasteiger partial charge in [-0.05, 0) is 55.9 Å². The van der Waals surface area contributed by atoms with Gasteiger partial charge in [-0.25, -0.2) is 10.5 Å². The van der Waals surface area contributed by atoms with Crippen LogP contribution < -0.4 is 5.32 Å². The second kappa shape index (κ2) is 7.29. The third-order valence-electron chi connectivity index (χ3n) is 6.94. The van der Waals surface area contributed by atoms with E-state index in [1.54, 1.807) is 24.7 Å². The van der Waals surface area contributed by atoms with Gasteiger partial charge < -0.3 is 9.73 Å². The Morgan fingerprint density at radius 1 is 1.30 bits per heavy atom. The van der Waals surface area contributed by atoms with E-state index in [1.807, 2.05) is 31.2 Å². The fraction of sp³-hybridized carbons (Fsp3) is 0.348. The van der Waals surface area contributed by atoms with E-state index in [9.17, 15) is 4.79 Å². The summed E-state index contributed by atoms with van der Waals surface area (Å²) >= 11 is 0. The SMILES string of the molecule is Cc1ccc(-n2nccn2)c(C(=O)C2(N=N)CC3CC3C2CNc2nc3cccnc3o2)c1. The maximum absolute atomic E-state index is 14.0. The zero-order valence-electron chi connectivity index (χ0n) is 18.0. The molecular weight excluding hydrogens is 420 g/mol. The van der Waals surface area contributed by atoms with Gasteiger partial charge in [-0.1, -0.05) is 11.6 Å². The number of aromatic nitrogens is 5. The highest BCUT2D eigenvalue weighted by molar-refractivity contribution is 6.06. The molecule has 10 nitrogen and oxygen atoms in total. The molecule has 3 heterocycles. The normalized spacial score (nSPS) is 25.7. The molecule has 4 unspecified atom stereocenters. The predicted octanol–water partition coefficient (Wildman–Crippen LogP) is 3.83. The highest BCUT2D eigenvalue weighted by atomic mass is 16.4. The maximum atomic E-state index is 14.0. The van der Waals surface area contributed by atoms with Crippen molar-refractivity contribution in [3.8, 4) is 5.69 Å². The molecule has 166 valence electrons. The van der Waals surface area contributed by atoms with Crippen LogP contribution in [0.15, 0.2) is 58.5 Å². The van der Waals surface area contributed by atoms with Crippen LogP contribution in [0.25, 0.3) is 16.9 Å². The Labute approximate surface area is 188 Å². The molecule has 0 amide bonds. The molecule has 2 fully saturated rings. The van der Waals surface area contributed by atoms with Crippen molar-refractivity contribution in [2.24, 2.45) is 22.9 Å². The number of nitrogens with zero attached hydrogens (tertiary/aromatic N) is 6. The summed E-state index contributed by atoms with van der Waals surface area (Å²) in [5.41, 5.74) is 10.1. The van der Waals surface area contributed by atoms with Gasteiger partial charge in [-0.15, -0.1) is 0 Å². The van der Waals surface area contributed by atoms with E-state index in [0.29, 0.717) is 53.3 Å². The Morgan fingerprint density at radius 3 is 2.94 bits per heavy atom. The molecule has 33 heavy (non-hydrogen) atoms. The summed E-state index contributed by atoms with van der Waals surface area (Å²) in [6.45, 7) is 2.37. The van der Waals surface area contributed by atoms with E-state index in [1.165, 1.54) is 4.80 Å². The number of rotatable bonds is 7. The van der Waals surface area contributed by atoms with Gasteiger partial charge in [0.2, 0.25) is 5.71 Å². The van der Waals surface area contributed by atoms with E-state index < -0.39 is 5.54 Å². The van der Waals surface area contributed by atoms with E-state index in [2.05, 4.69) is 30.6 Å². The summed E-state index contributed by atoms with van der Waals surface area (Å²) in [5.74, 6) is 0.437. The van der Waals surface area contributed by atoms with Crippen LogP contribution in [0.5, 0.6) is 0 Å². The van der Waals surface area contributed by atoms with Crippen molar-refractivity contribution >= 4 is 23.0 Å². The first-order chi connectivity index (χ1) is 16.1. The lowest BCUT2D eigenvalue weighted by Gasteiger charge is -2.31. The average Bonchev–Trinajstić information content (AvgIpc) is 3.20. The van der Waals surface area contributed by atoms with E-state index in [4.69, 9.17) is 9.95 Å². The van der Waals surface area contributed by atoms with Gasteiger partial charge in [-0.3, -0.25) is 4.79 Å². The fourth-order valence-corrected chi connectivity index (χ4v) is 5.29. The predicted molar refractivity (Wildman–Crippen MR) is 118 cm³/mol. The molecule has 0 saturated heterocycles. The lowest BCUT2D eigenvalue weighted by Crippen LogP contribution is -2.45. The van der Waals surface area contributed by atoms with Crippen molar-refractivity contribution < 1.29 is 9.21 Å². The first kappa shape index (κ1) is 19.7. The standard InChI is InChI=1S/C23H22N8O2/c1-13-4-5-19(31-27-7-8-28-31)16(9-13)20(32)23(30-24)11-14-10-15(14)17(23)12-26-22-29-18-3-2-6-25-21(18)33-22/h2-9,14-15,17,24H,10-12H2,1H3,(H,26,29). The van der Waals surface area contributed by atoms with Crippen LogP contribution in [0.1, 0.15) is 28.8 Å². The highest BCUT2D eigenvalue weighted by Gasteiger charge is 2.65. The van der Waals surface area contributed by atoms with E-state index >= 15 is 0 Å². The molecule has 2 aliphatic carbocycles. The van der Waals surface area contributed by atoms with Crippen LogP contribution in [-0.4, -0.2) is 42.8 Å². The van der Waals surface area contributed by atoms with Crippen LogP contribution in [-0.2, 0) is 0 Å². The zero-order chi connectivity index (χ0) is 22.6. The van der Waals surface area contributed by atoms with Crippen LogP contribution in [0, 0.1) is 30.2 Å². The fourth-order valence-electron chi connectivity index (χ4n) is 5.29. The molecule has 0 bridgehead atoms. The number of Topliss-reactive ketones (excluding diaryl/α,β-unsaturated/α-hetero) is 1. The number of aryl methyl sites for hydroxylation is 1.